The van der Waals surface area contributed by atoms with Gasteiger partial charge < -0.3 is 15.4 Å². The average Bonchev–Trinajstić information content (AvgIpc) is 2.61. The number of piperidine rings is 1. The molecule has 1 aromatic carbocycles. The molecule has 25 heavy (non-hydrogen) atoms. The molecule has 3 rings (SSSR count). The number of hydrogen-bond donors (Lipinski definition) is 2. The summed E-state index contributed by atoms with van der Waals surface area (Å²) in [5, 5.41) is 6.29. The van der Waals surface area contributed by atoms with Crippen LogP contribution in [0.5, 0.6) is 5.75 Å². The summed E-state index contributed by atoms with van der Waals surface area (Å²) in [4.78, 5) is 24.6. The van der Waals surface area contributed by atoms with Crippen LogP contribution in [-0.2, 0) is 4.79 Å². The summed E-state index contributed by atoms with van der Waals surface area (Å²) in [5.41, 5.74) is 0.559. The highest BCUT2D eigenvalue weighted by molar-refractivity contribution is 5.97. The fraction of sp³-hybridized carbons (Fsp3) is 0.600. The van der Waals surface area contributed by atoms with Gasteiger partial charge in [0.05, 0.1) is 12.7 Å². The van der Waals surface area contributed by atoms with E-state index in [0.717, 1.165) is 32.1 Å². The number of benzene rings is 1. The Morgan fingerprint density at radius 1 is 1.32 bits per heavy atom. The summed E-state index contributed by atoms with van der Waals surface area (Å²) in [6.07, 6.45) is 5.75. The second-order valence-corrected chi connectivity index (χ2v) is 7.27. The molecule has 4 unspecified atom stereocenters. The predicted molar refractivity (Wildman–Crippen MR) is 96.5 cm³/mol. The Morgan fingerprint density at radius 3 is 2.88 bits per heavy atom. The van der Waals surface area contributed by atoms with E-state index in [-0.39, 0.29) is 23.9 Å². The van der Waals surface area contributed by atoms with Gasteiger partial charge >= 0.3 is 0 Å². The van der Waals surface area contributed by atoms with Crippen LogP contribution < -0.4 is 15.4 Å². The number of methoxy groups -OCH3 is 1. The molecule has 1 saturated heterocycles. The first-order valence-corrected chi connectivity index (χ1v) is 9.35. The minimum absolute atomic E-state index is 0.0966. The lowest BCUT2D eigenvalue weighted by Crippen LogP contribution is -2.55. The molecular formula is C20H28N2O3. The number of hydrogen-bond acceptors (Lipinski definition) is 3. The van der Waals surface area contributed by atoms with Crippen molar-refractivity contribution >= 4 is 11.8 Å². The first kappa shape index (κ1) is 17.8. The smallest absolute Gasteiger partial charge is 0.255 e. The lowest BCUT2D eigenvalue weighted by Gasteiger charge is -2.44. The molecule has 4 atom stereocenters. The second-order valence-electron chi connectivity index (χ2n) is 7.27. The van der Waals surface area contributed by atoms with E-state index >= 15 is 0 Å². The molecule has 1 heterocycles. The molecule has 2 N–H and O–H groups in total. The van der Waals surface area contributed by atoms with E-state index in [0.29, 0.717) is 29.6 Å². The Kier molecular flexibility index (Phi) is 5.61. The quantitative estimate of drug-likeness (QED) is 0.863. The Balaban J connectivity index is 1.64. The van der Waals surface area contributed by atoms with Crippen molar-refractivity contribution in [3.63, 3.8) is 0 Å². The number of ether oxygens (including phenoxy) is 1. The van der Waals surface area contributed by atoms with Crippen molar-refractivity contribution in [3.8, 4) is 5.75 Å². The van der Waals surface area contributed by atoms with Crippen molar-refractivity contribution in [2.75, 3.05) is 7.11 Å². The van der Waals surface area contributed by atoms with Crippen molar-refractivity contribution in [1.82, 2.24) is 10.6 Å². The number of fused-ring (bicyclic) bond motifs is 1. The molecule has 5 nitrogen and oxygen atoms in total. The van der Waals surface area contributed by atoms with Crippen LogP contribution in [0.1, 0.15) is 55.8 Å². The van der Waals surface area contributed by atoms with E-state index in [9.17, 15) is 9.59 Å². The van der Waals surface area contributed by atoms with Gasteiger partial charge in [-0.15, -0.1) is 0 Å². The van der Waals surface area contributed by atoms with E-state index in [1.165, 1.54) is 0 Å². The summed E-state index contributed by atoms with van der Waals surface area (Å²) in [6, 6.07) is 7.55. The second kappa shape index (κ2) is 7.89. The highest BCUT2D eigenvalue weighted by Crippen LogP contribution is 2.37. The molecule has 2 aliphatic rings. The van der Waals surface area contributed by atoms with Crippen molar-refractivity contribution in [1.29, 1.82) is 0 Å². The molecule has 0 radical (unpaired) electrons. The number of rotatable bonds is 5. The highest BCUT2D eigenvalue weighted by Gasteiger charge is 2.40. The molecule has 2 fully saturated rings. The standard InChI is InChI=1S/C20H28N2O3/c1-3-6-13-11-19(23)22-17-12-14(9-10-15(13)17)21-20(24)16-7-4-5-8-18(16)25-2/h4-5,7-8,13-15,17H,3,6,9-12H2,1-2H3,(H,21,24)(H,22,23). The van der Waals surface area contributed by atoms with Crippen molar-refractivity contribution in [3.05, 3.63) is 29.8 Å². The topological polar surface area (TPSA) is 67.4 Å². The number of carbonyl (C=O) groups is 2. The maximum absolute atomic E-state index is 12.6. The van der Waals surface area contributed by atoms with Crippen LogP contribution >= 0.6 is 0 Å². The molecule has 0 aromatic heterocycles. The van der Waals surface area contributed by atoms with E-state index in [1.54, 1.807) is 19.2 Å². The third-order valence-electron chi connectivity index (χ3n) is 5.65. The van der Waals surface area contributed by atoms with E-state index in [1.807, 2.05) is 12.1 Å². The van der Waals surface area contributed by atoms with Crippen LogP contribution in [0.3, 0.4) is 0 Å². The van der Waals surface area contributed by atoms with Crippen LogP contribution in [0, 0.1) is 11.8 Å². The maximum Gasteiger partial charge on any atom is 0.255 e. The van der Waals surface area contributed by atoms with Gasteiger partial charge in [-0.3, -0.25) is 9.59 Å². The maximum atomic E-state index is 12.6. The van der Waals surface area contributed by atoms with Crippen molar-refractivity contribution < 1.29 is 14.3 Å². The van der Waals surface area contributed by atoms with Crippen LogP contribution in [0.2, 0.25) is 0 Å². The first-order valence-electron chi connectivity index (χ1n) is 9.35. The molecule has 1 aromatic rings. The summed E-state index contributed by atoms with van der Waals surface area (Å²) in [6.45, 7) is 2.18. The summed E-state index contributed by atoms with van der Waals surface area (Å²) < 4.78 is 5.28. The van der Waals surface area contributed by atoms with Gasteiger partial charge in [-0.25, -0.2) is 0 Å². The summed E-state index contributed by atoms with van der Waals surface area (Å²) in [7, 11) is 1.57. The summed E-state index contributed by atoms with van der Waals surface area (Å²) >= 11 is 0. The van der Waals surface area contributed by atoms with Gasteiger partial charge in [-0.1, -0.05) is 25.5 Å². The Labute approximate surface area is 149 Å². The monoisotopic (exact) mass is 344 g/mol. The number of carbonyl (C=O) groups excluding carboxylic acids is 2. The van der Waals surface area contributed by atoms with Crippen LogP contribution in [0.15, 0.2) is 24.3 Å². The molecule has 0 bridgehead atoms. The van der Waals surface area contributed by atoms with E-state index < -0.39 is 0 Å². The van der Waals surface area contributed by atoms with Crippen molar-refractivity contribution in [2.24, 2.45) is 11.8 Å². The molecular weight excluding hydrogens is 316 g/mol. The SMILES string of the molecule is CCCC1CC(=O)NC2CC(NC(=O)c3ccccc3OC)CCC12. The zero-order valence-electron chi connectivity index (χ0n) is 15.1. The predicted octanol–water partition coefficient (Wildman–Crippen LogP) is 2.90. The normalized spacial score (nSPS) is 28.6. The fourth-order valence-corrected chi connectivity index (χ4v) is 4.49. The molecule has 1 aliphatic carbocycles. The lowest BCUT2D eigenvalue weighted by atomic mass is 9.70. The molecule has 136 valence electrons. The zero-order chi connectivity index (χ0) is 17.8. The van der Waals surface area contributed by atoms with Gasteiger partial charge in [0.2, 0.25) is 5.91 Å². The Hall–Kier alpha value is -2.04. The Morgan fingerprint density at radius 2 is 2.12 bits per heavy atom. The largest absolute Gasteiger partial charge is 0.496 e. The molecule has 0 spiro atoms. The van der Waals surface area contributed by atoms with Gasteiger partial charge in [0, 0.05) is 18.5 Å². The Bertz CT molecular complexity index is 631. The van der Waals surface area contributed by atoms with Gasteiger partial charge in [0.15, 0.2) is 0 Å². The van der Waals surface area contributed by atoms with Gasteiger partial charge in [-0.2, -0.15) is 0 Å². The van der Waals surface area contributed by atoms with E-state index in [2.05, 4.69) is 17.6 Å². The van der Waals surface area contributed by atoms with Crippen LogP contribution in [0.25, 0.3) is 0 Å². The number of nitrogens with one attached hydrogen (secondary N) is 2. The minimum Gasteiger partial charge on any atom is -0.496 e. The fourth-order valence-electron chi connectivity index (χ4n) is 4.49. The van der Waals surface area contributed by atoms with Crippen LogP contribution in [-0.4, -0.2) is 31.0 Å². The minimum atomic E-state index is -0.104. The first-order chi connectivity index (χ1) is 12.1. The number of para-hydroxylation sites is 1. The molecule has 2 amide bonds. The average molecular weight is 344 g/mol. The van der Waals surface area contributed by atoms with E-state index in [4.69, 9.17) is 4.74 Å². The van der Waals surface area contributed by atoms with Crippen LogP contribution in [0.4, 0.5) is 0 Å². The molecule has 1 aliphatic heterocycles. The molecule has 5 heteroatoms. The van der Waals surface area contributed by atoms with Gasteiger partial charge in [-0.05, 0) is 49.7 Å². The number of amides is 2. The molecule has 1 saturated carbocycles. The third kappa shape index (κ3) is 3.97. The zero-order valence-corrected chi connectivity index (χ0v) is 15.1. The third-order valence-corrected chi connectivity index (χ3v) is 5.65. The van der Waals surface area contributed by atoms with Crippen molar-refractivity contribution in [2.45, 2.75) is 57.5 Å². The highest BCUT2D eigenvalue weighted by atomic mass is 16.5. The van der Waals surface area contributed by atoms with Gasteiger partial charge in [0.1, 0.15) is 5.75 Å². The van der Waals surface area contributed by atoms with Gasteiger partial charge in [0.25, 0.3) is 5.91 Å². The summed E-state index contributed by atoms with van der Waals surface area (Å²) in [5.74, 6) is 1.69. The lowest BCUT2D eigenvalue weighted by molar-refractivity contribution is -0.127.